The van der Waals surface area contributed by atoms with Crippen LogP contribution in [-0.4, -0.2) is 23.8 Å². The Bertz CT molecular complexity index is 588. The molecular weight excluding hydrogens is 278 g/mol. The summed E-state index contributed by atoms with van der Waals surface area (Å²) in [4.78, 5) is 26.4. The lowest BCUT2D eigenvalue weighted by molar-refractivity contribution is -0.136. The molecule has 4 nitrogen and oxygen atoms in total. The molecule has 120 valence electrons. The van der Waals surface area contributed by atoms with Gasteiger partial charge in [-0.1, -0.05) is 27.7 Å². The second-order valence-corrected chi connectivity index (χ2v) is 6.35. The Hall–Kier alpha value is -1.84. The molecule has 0 spiro atoms. The number of amides is 1. The maximum atomic E-state index is 13.0. The van der Waals surface area contributed by atoms with E-state index in [0.717, 1.165) is 0 Å². The van der Waals surface area contributed by atoms with Crippen LogP contribution in [0.15, 0.2) is 18.2 Å². The summed E-state index contributed by atoms with van der Waals surface area (Å²) in [6.07, 6.45) is 1.26. The van der Waals surface area contributed by atoms with E-state index in [-0.39, 0.29) is 11.7 Å². The molecule has 1 heterocycles. The maximum absolute atomic E-state index is 13.0. The number of carbonyl (C=O) groups excluding carboxylic acids is 2. The van der Waals surface area contributed by atoms with Gasteiger partial charge in [0.15, 0.2) is 11.4 Å². The average molecular weight is 303 g/mol. The Balaban J connectivity index is 2.57. The van der Waals surface area contributed by atoms with Crippen LogP contribution in [0.1, 0.15) is 57.8 Å². The lowest BCUT2D eigenvalue weighted by atomic mass is 9.92. The maximum Gasteiger partial charge on any atom is 0.271 e. The number of fused-ring (bicyclic) bond motifs is 1. The van der Waals surface area contributed by atoms with Gasteiger partial charge in [0.1, 0.15) is 5.75 Å². The Kier molecular flexibility index (Phi) is 4.59. The Morgan fingerprint density at radius 3 is 2.41 bits per heavy atom. The first-order chi connectivity index (χ1) is 10.3. The number of ether oxygens (including phenoxy) is 1. The second kappa shape index (κ2) is 6.11. The molecule has 0 saturated carbocycles. The van der Waals surface area contributed by atoms with Gasteiger partial charge in [0.25, 0.3) is 5.91 Å². The van der Waals surface area contributed by atoms with Gasteiger partial charge in [0, 0.05) is 12.1 Å². The summed E-state index contributed by atoms with van der Waals surface area (Å²) in [7, 11) is 0. The number of rotatable bonds is 5. The van der Waals surface area contributed by atoms with Crippen molar-refractivity contribution in [1.29, 1.82) is 0 Å². The molecule has 0 bridgehead atoms. The highest BCUT2D eigenvalue weighted by molar-refractivity contribution is 6.04. The monoisotopic (exact) mass is 303 g/mol. The molecule has 1 aliphatic rings. The number of nitrogens with zero attached hydrogens (tertiary/aromatic N) is 1. The first-order valence-electron chi connectivity index (χ1n) is 8.00. The van der Waals surface area contributed by atoms with Gasteiger partial charge in [-0.15, -0.1) is 0 Å². The van der Waals surface area contributed by atoms with Gasteiger partial charge in [-0.2, -0.15) is 0 Å². The standard InChI is InChI=1S/C18H25NO3/c1-6-18(7-2)17(21)19(11-12(3)4)15-10-14(13(5)20)8-9-16(15)22-18/h8-10,12H,6-7,11H2,1-5H3. The zero-order chi connectivity index (χ0) is 16.5. The van der Waals surface area contributed by atoms with E-state index in [1.54, 1.807) is 17.0 Å². The van der Waals surface area contributed by atoms with Gasteiger partial charge < -0.3 is 9.64 Å². The van der Waals surface area contributed by atoms with Crippen molar-refractivity contribution in [3.05, 3.63) is 23.8 Å². The normalized spacial score (nSPS) is 16.5. The first-order valence-corrected chi connectivity index (χ1v) is 8.00. The number of benzene rings is 1. The molecule has 1 amide bonds. The van der Waals surface area contributed by atoms with Crippen molar-refractivity contribution < 1.29 is 14.3 Å². The van der Waals surface area contributed by atoms with Crippen LogP contribution in [0.3, 0.4) is 0 Å². The summed E-state index contributed by atoms with van der Waals surface area (Å²) >= 11 is 0. The fraction of sp³-hybridized carbons (Fsp3) is 0.556. The highest BCUT2D eigenvalue weighted by Crippen LogP contribution is 2.41. The molecule has 0 radical (unpaired) electrons. The molecule has 0 atom stereocenters. The average Bonchev–Trinajstić information content (AvgIpc) is 2.49. The summed E-state index contributed by atoms with van der Waals surface area (Å²) < 4.78 is 6.07. The third-order valence-electron chi connectivity index (χ3n) is 4.29. The van der Waals surface area contributed by atoms with E-state index in [1.807, 2.05) is 19.9 Å². The molecule has 1 aliphatic heterocycles. The zero-order valence-corrected chi connectivity index (χ0v) is 14.1. The molecule has 1 aromatic rings. The molecule has 0 fully saturated rings. The van der Waals surface area contributed by atoms with E-state index in [2.05, 4.69) is 13.8 Å². The molecule has 0 N–H and O–H groups in total. The number of Topliss-reactive ketones (excluding diaryl/α,β-unsaturated/α-hetero) is 1. The van der Waals surface area contributed by atoms with Crippen molar-refractivity contribution in [2.45, 2.75) is 53.1 Å². The molecule has 0 unspecified atom stereocenters. The summed E-state index contributed by atoms with van der Waals surface area (Å²) in [5.74, 6) is 1.01. The van der Waals surface area contributed by atoms with Crippen LogP contribution in [0.25, 0.3) is 0 Å². The van der Waals surface area contributed by atoms with Crippen molar-refractivity contribution >= 4 is 17.4 Å². The Morgan fingerprint density at radius 2 is 1.91 bits per heavy atom. The van der Waals surface area contributed by atoms with Crippen molar-refractivity contribution in [2.24, 2.45) is 5.92 Å². The van der Waals surface area contributed by atoms with Gasteiger partial charge >= 0.3 is 0 Å². The van der Waals surface area contributed by atoms with Gasteiger partial charge in [0.05, 0.1) is 5.69 Å². The van der Waals surface area contributed by atoms with E-state index in [9.17, 15) is 9.59 Å². The molecule has 0 saturated heterocycles. The van der Waals surface area contributed by atoms with Crippen molar-refractivity contribution in [1.82, 2.24) is 0 Å². The minimum absolute atomic E-state index is 0.000554. The van der Waals surface area contributed by atoms with E-state index in [4.69, 9.17) is 4.74 Å². The lowest BCUT2D eigenvalue weighted by Gasteiger charge is -2.42. The zero-order valence-electron chi connectivity index (χ0n) is 14.1. The molecule has 1 aromatic carbocycles. The Morgan fingerprint density at radius 1 is 1.27 bits per heavy atom. The lowest BCUT2D eigenvalue weighted by Crippen LogP contribution is -2.56. The minimum atomic E-state index is -0.792. The first kappa shape index (κ1) is 16.5. The van der Waals surface area contributed by atoms with E-state index < -0.39 is 5.60 Å². The predicted octanol–water partition coefficient (Wildman–Crippen LogP) is 3.83. The summed E-state index contributed by atoms with van der Waals surface area (Å²) in [5, 5.41) is 0. The summed E-state index contributed by atoms with van der Waals surface area (Å²) in [5.41, 5.74) is 0.521. The van der Waals surface area contributed by atoms with E-state index in [1.165, 1.54) is 6.92 Å². The second-order valence-electron chi connectivity index (χ2n) is 6.35. The van der Waals surface area contributed by atoms with Gasteiger partial charge in [-0.3, -0.25) is 9.59 Å². The Labute approximate surface area is 132 Å². The van der Waals surface area contributed by atoms with Gasteiger partial charge in [0.2, 0.25) is 0 Å². The molecule has 0 aromatic heterocycles. The van der Waals surface area contributed by atoms with Crippen LogP contribution < -0.4 is 9.64 Å². The van der Waals surface area contributed by atoms with Crippen LogP contribution in [0.2, 0.25) is 0 Å². The van der Waals surface area contributed by atoms with E-state index in [0.29, 0.717) is 42.3 Å². The fourth-order valence-electron chi connectivity index (χ4n) is 2.89. The van der Waals surface area contributed by atoms with Crippen LogP contribution >= 0.6 is 0 Å². The highest BCUT2D eigenvalue weighted by atomic mass is 16.5. The van der Waals surface area contributed by atoms with Gasteiger partial charge in [-0.25, -0.2) is 0 Å². The molecular formula is C18H25NO3. The predicted molar refractivity (Wildman–Crippen MR) is 87.6 cm³/mol. The number of ketones is 1. The minimum Gasteiger partial charge on any atom is -0.475 e. The largest absolute Gasteiger partial charge is 0.475 e. The van der Waals surface area contributed by atoms with Crippen molar-refractivity contribution in [2.75, 3.05) is 11.4 Å². The van der Waals surface area contributed by atoms with Crippen LogP contribution in [-0.2, 0) is 4.79 Å². The van der Waals surface area contributed by atoms with Crippen molar-refractivity contribution in [3.63, 3.8) is 0 Å². The van der Waals surface area contributed by atoms with Crippen LogP contribution in [0, 0.1) is 5.92 Å². The van der Waals surface area contributed by atoms with Crippen molar-refractivity contribution in [3.8, 4) is 5.75 Å². The molecule has 0 aliphatic carbocycles. The summed E-state index contributed by atoms with van der Waals surface area (Å²) in [6.45, 7) is 10.3. The highest BCUT2D eigenvalue weighted by Gasteiger charge is 2.45. The quantitative estimate of drug-likeness (QED) is 0.777. The fourth-order valence-corrected chi connectivity index (χ4v) is 2.89. The molecule has 2 rings (SSSR count). The molecule has 4 heteroatoms. The number of anilines is 1. The number of hydrogen-bond acceptors (Lipinski definition) is 3. The smallest absolute Gasteiger partial charge is 0.271 e. The number of carbonyl (C=O) groups is 2. The van der Waals surface area contributed by atoms with Crippen LogP contribution in [0.5, 0.6) is 5.75 Å². The third-order valence-corrected chi connectivity index (χ3v) is 4.29. The van der Waals surface area contributed by atoms with Gasteiger partial charge in [-0.05, 0) is 43.9 Å². The SMILES string of the molecule is CCC1(CC)Oc2ccc(C(C)=O)cc2N(CC(C)C)C1=O. The van der Waals surface area contributed by atoms with E-state index >= 15 is 0 Å². The molecule has 22 heavy (non-hydrogen) atoms. The summed E-state index contributed by atoms with van der Waals surface area (Å²) in [6, 6.07) is 5.35. The topological polar surface area (TPSA) is 46.6 Å². The number of hydrogen-bond donors (Lipinski definition) is 0. The van der Waals surface area contributed by atoms with Crippen LogP contribution in [0.4, 0.5) is 5.69 Å². The third kappa shape index (κ3) is 2.74.